The molecule has 2 atom stereocenters. The molecule has 0 spiro atoms. The zero-order chi connectivity index (χ0) is 20.0. The minimum Gasteiger partial charge on any atom is -0.339 e. The molecule has 2 aromatic carbocycles. The monoisotopic (exact) mass is 450 g/mol. The standard InChI is InChI=1S/C21H27BrN2O2S/c1-5-24(6-2)21(25)20-12-9-18(22)14-17(20)13-16(4)23-27(26)19-10-7-15(3)8-11-19/h7-12,14,16,23H,5-6,13H2,1-4H3. The fourth-order valence-electron chi connectivity index (χ4n) is 2.91. The SMILES string of the molecule is CCN(CC)C(=O)c1ccc(Br)cc1CC(C)NS(=O)c1ccc(C)cc1. The number of hydrogen-bond donors (Lipinski definition) is 1. The van der Waals surface area contributed by atoms with Crippen LogP contribution in [0.3, 0.4) is 0 Å². The van der Waals surface area contributed by atoms with Crippen molar-refractivity contribution in [2.45, 2.75) is 45.1 Å². The van der Waals surface area contributed by atoms with Crippen molar-refractivity contribution in [3.63, 3.8) is 0 Å². The normalized spacial score (nSPS) is 13.2. The van der Waals surface area contributed by atoms with Crippen LogP contribution < -0.4 is 4.72 Å². The lowest BCUT2D eigenvalue weighted by Gasteiger charge is -2.22. The van der Waals surface area contributed by atoms with E-state index in [-0.39, 0.29) is 11.9 Å². The van der Waals surface area contributed by atoms with Crippen LogP contribution in [0.15, 0.2) is 51.8 Å². The minimum atomic E-state index is -1.29. The molecule has 0 bridgehead atoms. The van der Waals surface area contributed by atoms with E-state index in [1.165, 1.54) is 0 Å². The summed E-state index contributed by atoms with van der Waals surface area (Å²) in [6, 6.07) is 13.3. The Bertz CT molecular complexity index is 804. The van der Waals surface area contributed by atoms with Crippen molar-refractivity contribution < 1.29 is 9.00 Å². The third-order valence-corrected chi connectivity index (χ3v) is 6.23. The summed E-state index contributed by atoms with van der Waals surface area (Å²) in [5, 5.41) is 0. The third-order valence-electron chi connectivity index (χ3n) is 4.42. The molecule has 146 valence electrons. The Morgan fingerprint density at radius 2 is 1.78 bits per heavy atom. The predicted molar refractivity (Wildman–Crippen MR) is 115 cm³/mol. The average molecular weight is 451 g/mol. The molecule has 6 heteroatoms. The average Bonchev–Trinajstić information content (AvgIpc) is 2.63. The second-order valence-electron chi connectivity index (χ2n) is 6.58. The van der Waals surface area contributed by atoms with Gasteiger partial charge in [0.2, 0.25) is 0 Å². The molecule has 0 aliphatic heterocycles. The van der Waals surface area contributed by atoms with E-state index in [4.69, 9.17) is 0 Å². The first-order valence-electron chi connectivity index (χ1n) is 9.18. The highest BCUT2D eigenvalue weighted by Crippen LogP contribution is 2.20. The van der Waals surface area contributed by atoms with Crippen LogP contribution in [-0.2, 0) is 17.4 Å². The Morgan fingerprint density at radius 3 is 2.37 bits per heavy atom. The van der Waals surface area contributed by atoms with Gasteiger partial charge in [-0.3, -0.25) is 4.79 Å². The molecule has 0 heterocycles. The first-order chi connectivity index (χ1) is 12.8. The van der Waals surface area contributed by atoms with E-state index in [2.05, 4.69) is 20.7 Å². The maximum atomic E-state index is 12.8. The van der Waals surface area contributed by atoms with Gasteiger partial charge in [0.25, 0.3) is 5.91 Å². The number of rotatable bonds is 8. The molecule has 0 aliphatic rings. The Hall–Kier alpha value is -1.50. The molecular formula is C21H27BrN2O2S. The van der Waals surface area contributed by atoms with E-state index in [9.17, 15) is 9.00 Å². The number of nitrogens with one attached hydrogen (secondary N) is 1. The quantitative estimate of drug-likeness (QED) is 0.643. The van der Waals surface area contributed by atoms with Gasteiger partial charge in [-0.25, -0.2) is 8.93 Å². The minimum absolute atomic E-state index is 0.0364. The number of benzene rings is 2. The van der Waals surface area contributed by atoms with Crippen molar-refractivity contribution in [3.8, 4) is 0 Å². The molecule has 1 amide bonds. The first kappa shape index (κ1) is 21.8. The smallest absolute Gasteiger partial charge is 0.254 e. The lowest BCUT2D eigenvalue weighted by Crippen LogP contribution is -2.33. The summed E-state index contributed by atoms with van der Waals surface area (Å²) >= 11 is 3.50. The van der Waals surface area contributed by atoms with E-state index in [1.807, 2.05) is 75.1 Å². The highest BCUT2D eigenvalue weighted by Gasteiger charge is 2.19. The predicted octanol–water partition coefficient (Wildman–Crippen LogP) is 4.48. The van der Waals surface area contributed by atoms with Gasteiger partial charge in [0.1, 0.15) is 11.0 Å². The van der Waals surface area contributed by atoms with Crippen LogP contribution in [-0.4, -0.2) is 34.1 Å². The molecule has 0 aliphatic carbocycles. The molecule has 0 aromatic heterocycles. The van der Waals surface area contributed by atoms with Crippen molar-refractivity contribution in [2.75, 3.05) is 13.1 Å². The van der Waals surface area contributed by atoms with Gasteiger partial charge in [0, 0.05) is 29.2 Å². The summed E-state index contributed by atoms with van der Waals surface area (Å²) in [6.45, 7) is 9.30. The molecular weight excluding hydrogens is 424 g/mol. The van der Waals surface area contributed by atoms with Crippen LogP contribution in [0, 0.1) is 6.92 Å². The van der Waals surface area contributed by atoms with Crippen molar-refractivity contribution in [1.82, 2.24) is 9.62 Å². The molecule has 0 saturated carbocycles. The molecule has 4 nitrogen and oxygen atoms in total. The summed E-state index contributed by atoms with van der Waals surface area (Å²) < 4.78 is 16.6. The maximum Gasteiger partial charge on any atom is 0.254 e. The number of amides is 1. The topological polar surface area (TPSA) is 49.4 Å². The van der Waals surface area contributed by atoms with Crippen molar-refractivity contribution in [2.24, 2.45) is 0 Å². The van der Waals surface area contributed by atoms with Gasteiger partial charge in [-0.15, -0.1) is 0 Å². The van der Waals surface area contributed by atoms with E-state index >= 15 is 0 Å². The Balaban J connectivity index is 2.15. The van der Waals surface area contributed by atoms with E-state index in [0.29, 0.717) is 25.1 Å². The van der Waals surface area contributed by atoms with Gasteiger partial charge >= 0.3 is 0 Å². The molecule has 0 radical (unpaired) electrons. The van der Waals surface area contributed by atoms with Crippen LogP contribution in [0.5, 0.6) is 0 Å². The van der Waals surface area contributed by atoms with Crippen molar-refractivity contribution in [3.05, 3.63) is 63.6 Å². The fraction of sp³-hybridized carbons (Fsp3) is 0.381. The molecule has 2 rings (SSSR count). The van der Waals surface area contributed by atoms with Gasteiger partial charge in [-0.1, -0.05) is 33.6 Å². The molecule has 0 saturated heterocycles. The zero-order valence-corrected chi connectivity index (χ0v) is 18.7. The number of carbonyl (C=O) groups excluding carboxylic acids is 1. The zero-order valence-electron chi connectivity index (χ0n) is 16.3. The molecule has 0 fully saturated rings. The van der Waals surface area contributed by atoms with Gasteiger partial charge in [-0.2, -0.15) is 0 Å². The van der Waals surface area contributed by atoms with Crippen LogP contribution in [0.4, 0.5) is 0 Å². The highest BCUT2D eigenvalue weighted by atomic mass is 79.9. The first-order valence-corrected chi connectivity index (χ1v) is 11.1. The van der Waals surface area contributed by atoms with Crippen molar-refractivity contribution in [1.29, 1.82) is 0 Å². The number of hydrogen-bond acceptors (Lipinski definition) is 2. The maximum absolute atomic E-state index is 12.8. The Morgan fingerprint density at radius 1 is 1.15 bits per heavy atom. The van der Waals surface area contributed by atoms with Gasteiger partial charge < -0.3 is 4.90 Å². The van der Waals surface area contributed by atoms with Gasteiger partial charge in [0.15, 0.2) is 0 Å². The van der Waals surface area contributed by atoms with E-state index < -0.39 is 11.0 Å². The summed E-state index contributed by atoms with van der Waals surface area (Å²) in [5.41, 5.74) is 2.79. The highest BCUT2D eigenvalue weighted by molar-refractivity contribution is 9.10. The second-order valence-corrected chi connectivity index (χ2v) is 8.74. The van der Waals surface area contributed by atoms with Crippen LogP contribution in [0.25, 0.3) is 0 Å². The Kier molecular flexibility index (Phi) is 8.20. The Labute approximate surface area is 173 Å². The summed E-state index contributed by atoms with van der Waals surface area (Å²) in [4.78, 5) is 15.4. The number of aryl methyl sites for hydroxylation is 1. The molecule has 2 aromatic rings. The lowest BCUT2D eigenvalue weighted by molar-refractivity contribution is 0.0772. The third kappa shape index (κ3) is 5.99. The van der Waals surface area contributed by atoms with Gasteiger partial charge in [-0.05, 0) is 70.0 Å². The van der Waals surface area contributed by atoms with Crippen LogP contribution in [0.2, 0.25) is 0 Å². The summed E-state index contributed by atoms with van der Waals surface area (Å²) in [7, 11) is -1.29. The molecule has 27 heavy (non-hydrogen) atoms. The van der Waals surface area contributed by atoms with Gasteiger partial charge in [0.05, 0.1) is 4.90 Å². The second kappa shape index (κ2) is 10.2. The molecule has 2 unspecified atom stereocenters. The largest absolute Gasteiger partial charge is 0.339 e. The van der Waals surface area contributed by atoms with Crippen LogP contribution >= 0.6 is 15.9 Å². The lowest BCUT2D eigenvalue weighted by atomic mass is 10.0. The van der Waals surface area contributed by atoms with E-state index in [1.54, 1.807) is 0 Å². The summed E-state index contributed by atoms with van der Waals surface area (Å²) in [6.07, 6.45) is 0.610. The number of halogens is 1. The molecule has 1 N–H and O–H groups in total. The number of carbonyl (C=O) groups is 1. The fourth-order valence-corrected chi connectivity index (χ4v) is 4.28. The van der Waals surface area contributed by atoms with Crippen molar-refractivity contribution >= 4 is 32.8 Å². The van der Waals surface area contributed by atoms with E-state index in [0.717, 1.165) is 20.5 Å². The van der Waals surface area contributed by atoms with Crippen LogP contribution in [0.1, 0.15) is 42.3 Å². The summed E-state index contributed by atoms with van der Waals surface area (Å²) in [5.74, 6) is 0.0364. The number of nitrogens with zero attached hydrogens (tertiary/aromatic N) is 1.